The zero-order valence-corrected chi connectivity index (χ0v) is 14.8. The van der Waals surface area contributed by atoms with Gasteiger partial charge in [0.2, 0.25) is 5.91 Å². The van der Waals surface area contributed by atoms with Crippen LogP contribution in [-0.2, 0) is 4.79 Å². The Labute approximate surface area is 141 Å². The molecular formula is C19H22N2OS. The van der Waals surface area contributed by atoms with Crippen molar-refractivity contribution in [1.29, 1.82) is 0 Å². The molecule has 120 valence electrons. The summed E-state index contributed by atoms with van der Waals surface area (Å²) < 4.78 is 0. The third kappa shape index (κ3) is 3.22. The molecule has 0 saturated heterocycles. The number of carbonyl (C=O) groups excluding carboxylic acids is 1. The average Bonchev–Trinajstić information content (AvgIpc) is 2.88. The van der Waals surface area contributed by atoms with Crippen molar-refractivity contribution in [3.8, 4) is 10.6 Å². The lowest BCUT2D eigenvalue weighted by atomic mass is 10.1. The van der Waals surface area contributed by atoms with Gasteiger partial charge in [0.25, 0.3) is 0 Å². The first-order valence-electron chi connectivity index (χ1n) is 7.85. The normalized spacial score (nSPS) is 21.6. The second-order valence-electron chi connectivity index (χ2n) is 6.97. The summed E-state index contributed by atoms with van der Waals surface area (Å²) in [6.45, 7) is 8.49. The maximum Gasteiger partial charge on any atom is 0.228 e. The highest BCUT2D eigenvalue weighted by Crippen LogP contribution is 2.59. The van der Waals surface area contributed by atoms with E-state index in [0.29, 0.717) is 5.92 Å². The molecule has 1 N–H and O–H groups in total. The van der Waals surface area contributed by atoms with E-state index in [1.165, 1.54) is 5.57 Å². The van der Waals surface area contributed by atoms with Gasteiger partial charge in [-0.2, -0.15) is 0 Å². The monoisotopic (exact) mass is 326 g/mol. The Kier molecular flexibility index (Phi) is 4.11. The summed E-state index contributed by atoms with van der Waals surface area (Å²) in [7, 11) is 0. The van der Waals surface area contributed by atoms with Crippen molar-refractivity contribution in [2.45, 2.75) is 27.7 Å². The number of rotatable bonds is 4. The minimum Gasteiger partial charge on any atom is -0.326 e. The first-order valence-corrected chi connectivity index (χ1v) is 8.73. The van der Waals surface area contributed by atoms with Gasteiger partial charge in [-0.25, -0.2) is 4.98 Å². The van der Waals surface area contributed by atoms with E-state index in [1.807, 2.05) is 29.6 Å². The number of allylic oxidation sites excluding steroid dienone is 2. The number of hydrogen-bond acceptors (Lipinski definition) is 3. The summed E-state index contributed by atoms with van der Waals surface area (Å²) in [5.41, 5.74) is 3.23. The number of nitrogens with zero attached hydrogens (tertiary/aromatic N) is 1. The summed E-state index contributed by atoms with van der Waals surface area (Å²) in [6, 6.07) is 7.89. The minimum atomic E-state index is 0.0438. The molecule has 2 unspecified atom stereocenters. The van der Waals surface area contributed by atoms with Crippen molar-refractivity contribution in [2.24, 2.45) is 17.3 Å². The van der Waals surface area contributed by atoms with Crippen LogP contribution < -0.4 is 5.32 Å². The number of hydrogen-bond donors (Lipinski definition) is 1. The van der Waals surface area contributed by atoms with Crippen molar-refractivity contribution in [3.63, 3.8) is 0 Å². The van der Waals surface area contributed by atoms with Gasteiger partial charge < -0.3 is 5.32 Å². The highest BCUT2D eigenvalue weighted by molar-refractivity contribution is 7.13. The van der Waals surface area contributed by atoms with E-state index in [9.17, 15) is 4.79 Å². The van der Waals surface area contributed by atoms with Crippen LogP contribution in [0.2, 0.25) is 0 Å². The van der Waals surface area contributed by atoms with E-state index in [1.54, 1.807) is 17.5 Å². The number of benzene rings is 1. The molecule has 1 heterocycles. The van der Waals surface area contributed by atoms with Crippen LogP contribution in [0.4, 0.5) is 5.69 Å². The Balaban J connectivity index is 1.68. The molecule has 2 aromatic rings. The SMILES string of the molecule is CC(C)=CC1C(C(=O)Nc2ccc(-c3nccs3)cc2)C1(C)C. The van der Waals surface area contributed by atoms with Crippen LogP contribution in [0.1, 0.15) is 27.7 Å². The second kappa shape index (κ2) is 5.93. The summed E-state index contributed by atoms with van der Waals surface area (Å²) >= 11 is 1.61. The van der Waals surface area contributed by atoms with Crippen LogP contribution in [-0.4, -0.2) is 10.9 Å². The number of amides is 1. The number of thiazole rings is 1. The molecule has 3 nitrogen and oxygen atoms in total. The zero-order chi connectivity index (χ0) is 16.6. The van der Waals surface area contributed by atoms with E-state index >= 15 is 0 Å². The molecule has 3 rings (SSSR count). The average molecular weight is 326 g/mol. The molecule has 1 aliphatic carbocycles. The van der Waals surface area contributed by atoms with Crippen molar-refractivity contribution in [1.82, 2.24) is 4.98 Å². The lowest BCUT2D eigenvalue weighted by molar-refractivity contribution is -0.118. The van der Waals surface area contributed by atoms with Gasteiger partial charge in [0.1, 0.15) is 5.01 Å². The molecule has 0 aliphatic heterocycles. The van der Waals surface area contributed by atoms with Crippen LogP contribution in [0.3, 0.4) is 0 Å². The zero-order valence-electron chi connectivity index (χ0n) is 14.0. The van der Waals surface area contributed by atoms with Gasteiger partial charge in [0.05, 0.1) is 5.92 Å². The predicted octanol–water partition coefficient (Wildman–Crippen LogP) is 4.99. The van der Waals surface area contributed by atoms with Gasteiger partial charge in [0, 0.05) is 22.8 Å². The smallest absolute Gasteiger partial charge is 0.228 e. The Bertz CT molecular complexity index is 725. The largest absolute Gasteiger partial charge is 0.326 e. The van der Waals surface area contributed by atoms with Crippen molar-refractivity contribution in [2.75, 3.05) is 5.32 Å². The van der Waals surface area contributed by atoms with Gasteiger partial charge >= 0.3 is 0 Å². The number of anilines is 1. The van der Waals surface area contributed by atoms with E-state index in [0.717, 1.165) is 16.3 Å². The molecule has 4 heteroatoms. The molecular weight excluding hydrogens is 304 g/mol. The third-order valence-electron chi connectivity index (χ3n) is 4.54. The molecule has 1 aromatic carbocycles. The standard InChI is InChI=1S/C19H22N2OS/c1-12(2)11-15-16(19(15,3)4)17(22)21-14-7-5-13(6-8-14)18-20-9-10-23-18/h5-11,15-16H,1-4H3,(H,21,22). The lowest BCUT2D eigenvalue weighted by Crippen LogP contribution is -2.16. The fourth-order valence-electron chi connectivity index (χ4n) is 3.13. The van der Waals surface area contributed by atoms with Crippen LogP contribution >= 0.6 is 11.3 Å². The summed E-state index contributed by atoms with van der Waals surface area (Å²) in [5, 5.41) is 6.01. The number of nitrogens with one attached hydrogen (secondary N) is 1. The minimum absolute atomic E-state index is 0.0438. The molecule has 1 fully saturated rings. The number of carbonyl (C=O) groups is 1. The Morgan fingerprint density at radius 3 is 2.52 bits per heavy atom. The quantitative estimate of drug-likeness (QED) is 0.805. The molecule has 0 bridgehead atoms. The Morgan fingerprint density at radius 1 is 1.26 bits per heavy atom. The lowest BCUT2D eigenvalue weighted by Gasteiger charge is -2.07. The van der Waals surface area contributed by atoms with Gasteiger partial charge in [-0.05, 0) is 49.4 Å². The van der Waals surface area contributed by atoms with Crippen molar-refractivity contribution >= 4 is 22.9 Å². The molecule has 1 aromatic heterocycles. The molecule has 1 amide bonds. The first kappa shape index (κ1) is 15.9. The Hall–Kier alpha value is -1.94. The first-order chi connectivity index (χ1) is 10.9. The molecule has 0 spiro atoms. The summed E-state index contributed by atoms with van der Waals surface area (Å²) in [6.07, 6.45) is 4.02. The molecule has 1 saturated carbocycles. The molecule has 0 radical (unpaired) electrons. The van der Waals surface area contributed by atoms with Gasteiger partial charge in [-0.1, -0.05) is 25.5 Å². The van der Waals surface area contributed by atoms with E-state index in [2.05, 4.69) is 44.1 Å². The fraction of sp³-hybridized carbons (Fsp3) is 0.368. The number of aromatic nitrogens is 1. The second-order valence-corrected chi connectivity index (χ2v) is 7.87. The predicted molar refractivity (Wildman–Crippen MR) is 96.4 cm³/mol. The highest BCUT2D eigenvalue weighted by Gasteiger charge is 2.60. The van der Waals surface area contributed by atoms with Crippen LogP contribution in [0.15, 0.2) is 47.5 Å². The van der Waals surface area contributed by atoms with E-state index < -0.39 is 0 Å². The van der Waals surface area contributed by atoms with Gasteiger partial charge in [-0.3, -0.25) is 4.79 Å². The third-order valence-corrected chi connectivity index (χ3v) is 5.36. The summed E-state index contributed by atoms with van der Waals surface area (Å²) in [5.74, 6) is 0.498. The van der Waals surface area contributed by atoms with Crippen LogP contribution in [0.5, 0.6) is 0 Å². The topological polar surface area (TPSA) is 42.0 Å². The van der Waals surface area contributed by atoms with Crippen LogP contribution in [0, 0.1) is 17.3 Å². The maximum atomic E-state index is 12.5. The van der Waals surface area contributed by atoms with Gasteiger partial charge in [-0.15, -0.1) is 11.3 Å². The van der Waals surface area contributed by atoms with Crippen LogP contribution in [0.25, 0.3) is 10.6 Å². The molecule has 1 aliphatic rings. The molecule has 2 atom stereocenters. The van der Waals surface area contributed by atoms with Crippen molar-refractivity contribution < 1.29 is 4.79 Å². The van der Waals surface area contributed by atoms with Crippen molar-refractivity contribution in [3.05, 3.63) is 47.5 Å². The highest BCUT2D eigenvalue weighted by atomic mass is 32.1. The Morgan fingerprint density at radius 2 is 1.96 bits per heavy atom. The summed E-state index contributed by atoms with van der Waals surface area (Å²) in [4.78, 5) is 16.8. The van der Waals surface area contributed by atoms with Gasteiger partial charge in [0.15, 0.2) is 0 Å². The fourth-order valence-corrected chi connectivity index (χ4v) is 3.78. The molecule has 23 heavy (non-hydrogen) atoms. The van der Waals surface area contributed by atoms with E-state index in [-0.39, 0.29) is 17.2 Å². The maximum absolute atomic E-state index is 12.5. The van der Waals surface area contributed by atoms with E-state index in [4.69, 9.17) is 0 Å².